The van der Waals surface area contributed by atoms with E-state index in [0.29, 0.717) is 0 Å². The van der Waals surface area contributed by atoms with Crippen LogP contribution in [0.5, 0.6) is 0 Å². The van der Waals surface area contributed by atoms with Gasteiger partial charge in [0.1, 0.15) is 11.2 Å². The van der Waals surface area contributed by atoms with Crippen LogP contribution in [0.2, 0.25) is 0 Å². The van der Waals surface area contributed by atoms with Crippen molar-refractivity contribution >= 4 is 43.9 Å². The van der Waals surface area contributed by atoms with E-state index in [-0.39, 0.29) is 20.1 Å². The average molecular weight is 862 g/mol. The van der Waals surface area contributed by atoms with Crippen LogP contribution in [-0.4, -0.2) is 9.97 Å². The van der Waals surface area contributed by atoms with Gasteiger partial charge in [0.05, 0.1) is 11.2 Å². The molecule has 0 fully saturated rings. The minimum Gasteiger partial charge on any atom is -0.501 e. The second kappa shape index (κ2) is 14.8. The van der Waals surface area contributed by atoms with Gasteiger partial charge in [-0.15, -0.1) is 42.0 Å². The van der Waals surface area contributed by atoms with Crippen molar-refractivity contribution in [3.63, 3.8) is 0 Å². The molecule has 1 atom stereocenters. The Hall–Kier alpha value is -6.13. The van der Waals surface area contributed by atoms with Crippen LogP contribution in [0.1, 0.15) is 25.3 Å². The first-order valence-corrected chi connectivity index (χ1v) is 17.2. The summed E-state index contributed by atoms with van der Waals surface area (Å²) in [5.74, 6) is -0.879. The summed E-state index contributed by atoms with van der Waals surface area (Å²) in [7, 11) is 0. The third kappa shape index (κ3) is 6.69. The minimum atomic E-state index is -0.879. The van der Waals surface area contributed by atoms with Crippen molar-refractivity contribution in [1.29, 1.82) is 0 Å². The third-order valence-electron chi connectivity index (χ3n) is 9.45. The predicted molar refractivity (Wildman–Crippen MR) is 211 cm³/mol. The molecule has 0 saturated heterocycles. The van der Waals surface area contributed by atoms with Crippen LogP contribution in [0, 0.1) is 12.1 Å². The topological polar surface area (TPSA) is 52.1 Å². The first-order valence-electron chi connectivity index (χ1n) is 17.7. The Morgan fingerprint density at radius 3 is 2.11 bits per heavy atom. The van der Waals surface area contributed by atoms with Gasteiger partial charge in [0.15, 0.2) is 0 Å². The second-order valence-electron chi connectivity index (χ2n) is 12.6. The molecule has 4 heterocycles. The zero-order valence-electron chi connectivity index (χ0n) is 29.7. The van der Waals surface area contributed by atoms with Gasteiger partial charge in [0, 0.05) is 50.5 Å². The van der Waals surface area contributed by atoms with E-state index < -0.39 is 5.89 Å². The number of pyridine rings is 2. The van der Waals surface area contributed by atoms with Gasteiger partial charge >= 0.3 is 0 Å². The van der Waals surface area contributed by atoms with Crippen LogP contribution in [-0.2, 0) is 20.1 Å². The van der Waals surface area contributed by atoms with E-state index >= 15 is 0 Å². The summed E-state index contributed by atoms with van der Waals surface area (Å²) in [5.41, 5.74) is 11.0. The smallest absolute Gasteiger partial charge is 0.121 e. The molecule has 6 aromatic carbocycles. The molecule has 0 spiro atoms. The molecule has 53 heavy (non-hydrogen) atoms. The summed E-state index contributed by atoms with van der Waals surface area (Å²) in [4.78, 5) is 8.99. The largest absolute Gasteiger partial charge is 0.501 e. The third-order valence-corrected chi connectivity index (χ3v) is 9.45. The molecule has 257 valence electrons. The van der Waals surface area contributed by atoms with Crippen molar-refractivity contribution in [2.75, 3.05) is 0 Å². The van der Waals surface area contributed by atoms with Gasteiger partial charge in [-0.05, 0) is 64.0 Å². The van der Waals surface area contributed by atoms with E-state index in [4.69, 9.17) is 10.2 Å². The Morgan fingerprint density at radius 1 is 0.547 bits per heavy atom. The van der Waals surface area contributed by atoms with E-state index in [1.807, 2.05) is 128 Å². The molecule has 0 bridgehead atoms. The van der Waals surface area contributed by atoms with Crippen LogP contribution in [0.25, 0.3) is 77.5 Å². The van der Waals surface area contributed by atoms with Crippen molar-refractivity contribution in [3.05, 3.63) is 193 Å². The SMILES string of the molecule is [2H]C(C)(c1ccccc1)c1ccnc(-c2[c-]cc3oc4ccc(-c5ccccc5)cc4c3c2)c1.[Ir].[c-]1ccc2c(oc3ccccc32)c1-c1ccccn1. The van der Waals surface area contributed by atoms with Gasteiger partial charge in [-0.25, -0.2) is 0 Å². The normalized spacial score (nSPS) is 12.5. The quantitative estimate of drug-likeness (QED) is 0.162. The summed E-state index contributed by atoms with van der Waals surface area (Å²) in [6.07, 6.45) is 3.56. The predicted octanol–water partition coefficient (Wildman–Crippen LogP) is 12.7. The molecule has 10 aromatic rings. The number of benzene rings is 6. The molecule has 0 amide bonds. The first-order chi connectivity index (χ1) is 26.0. The molecule has 10 rings (SSSR count). The fraction of sp³-hybridized carbons (Fsp3) is 0.0417. The molecular formula is C48H32IrN2O2-2. The van der Waals surface area contributed by atoms with E-state index in [2.05, 4.69) is 58.5 Å². The zero-order chi connectivity index (χ0) is 35.8. The summed E-state index contributed by atoms with van der Waals surface area (Å²) in [6.45, 7) is 1.92. The maximum absolute atomic E-state index is 9.03. The van der Waals surface area contributed by atoms with Crippen LogP contribution < -0.4 is 0 Å². The second-order valence-corrected chi connectivity index (χ2v) is 12.6. The van der Waals surface area contributed by atoms with Crippen molar-refractivity contribution in [1.82, 2.24) is 9.97 Å². The van der Waals surface area contributed by atoms with Gasteiger partial charge in [-0.2, -0.15) is 0 Å². The molecule has 0 aliphatic carbocycles. The monoisotopic (exact) mass is 862 g/mol. The Labute approximate surface area is 322 Å². The van der Waals surface area contributed by atoms with Gasteiger partial charge in [-0.3, -0.25) is 0 Å². The maximum atomic E-state index is 9.03. The number of furan rings is 2. The summed E-state index contributed by atoms with van der Waals surface area (Å²) < 4.78 is 21.1. The molecule has 0 N–H and O–H groups in total. The molecule has 4 aromatic heterocycles. The van der Waals surface area contributed by atoms with Crippen LogP contribution in [0.15, 0.2) is 179 Å². The number of aromatic nitrogens is 2. The van der Waals surface area contributed by atoms with Gasteiger partial charge in [0.25, 0.3) is 0 Å². The number of para-hydroxylation sites is 1. The van der Waals surface area contributed by atoms with Crippen LogP contribution in [0.3, 0.4) is 0 Å². The van der Waals surface area contributed by atoms with E-state index in [9.17, 15) is 0 Å². The fourth-order valence-corrected chi connectivity index (χ4v) is 6.74. The minimum absolute atomic E-state index is 0. The van der Waals surface area contributed by atoms with E-state index in [0.717, 1.165) is 83.1 Å². The molecule has 5 heteroatoms. The number of nitrogens with zero attached hydrogens (tertiary/aromatic N) is 2. The molecule has 0 saturated carbocycles. The zero-order valence-corrected chi connectivity index (χ0v) is 31.1. The number of hydrogen-bond donors (Lipinski definition) is 0. The number of rotatable bonds is 5. The number of hydrogen-bond acceptors (Lipinski definition) is 4. The maximum Gasteiger partial charge on any atom is 0.121 e. The van der Waals surface area contributed by atoms with Crippen molar-refractivity contribution < 1.29 is 30.3 Å². The van der Waals surface area contributed by atoms with Crippen LogP contribution >= 0.6 is 0 Å². The summed E-state index contributed by atoms with van der Waals surface area (Å²) >= 11 is 0. The van der Waals surface area contributed by atoms with E-state index in [1.165, 1.54) is 5.56 Å². The Bertz CT molecular complexity index is 2870. The molecule has 1 unspecified atom stereocenters. The first kappa shape index (κ1) is 32.8. The summed E-state index contributed by atoms with van der Waals surface area (Å²) in [5, 5.41) is 4.33. The van der Waals surface area contributed by atoms with Gasteiger partial charge in [0.2, 0.25) is 0 Å². The fourth-order valence-electron chi connectivity index (χ4n) is 6.74. The summed E-state index contributed by atoms with van der Waals surface area (Å²) in [6, 6.07) is 58.9. The van der Waals surface area contributed by atoms with Crippen molar-refractivity contribution in [2.24, 2.45) is 0 Å². The van der Waals surface area contributed by atoms with Crippen molar-refractivity contribution in [3.8, 4) is 33.6 Å². The van der Waals surface area contributed by atoms with Crippen molar-refractivity contribution in [2.45, 2.75) is 12.8 Å². The Kier molecular flexibility index (Phi) is 9.17. The number of fused-ring (bicyclic) bond motifs is 6. The van der Waals surface area contributed by atoms with Gasteiger partial charge < -0.3 is 18.8 Å². The van der Waals surface area contributed by atoms with Crippen LogP contribution in [0.4, 0.5) is 0 Å². The standard InChI is InChI=1S/C31H22NO.C17H10NO.Ir/c1-21(22-8-4-2-5-9-22)24-16-17-32-29(20-24)26-13-15-31-28(19-26)27-18-25(12-14-30(27)33-31)23-10-6-3-7-11-23;1-2-10-16-12(6-1)13-7-5-8-14(17(13)19-16)15-9-3-4-11-18-15;/h2-12,14-21H,1H3;1-7,9-11H;/q2*-1;/i21D;;. The van der Waals surface area contributed by atoms with Gasteiger partial charge in [-0.1, -0.05) is 126 Å². The molecule has 0 aliphatic heterocycles. The molecule has 1 radical (unpaired) electrons. The molecule has 4 nitrogen and oxygen atoms in total. The Morgan fingerprint density at radius 2 is 1.28 bits per heavy atom. The van der Waals surface area contributed by atoms with E-state index in [1.54, 1.807) is 12.4 Å². The molecular weight excluding hydrogens is 829 g/mol. The average Bonchev–Trinajstić information content (AvgIpc) is 3.80. The molecule has 0 aliphatic rings. The Balaban J connectivity index is 0.000000175.